The lowest BCUT2D eigenvalue weighted by molar-refractivity contribution is 0.0975. The molecular weight excluding hydrogens is 166 g/mol. The number of anilines is 1. The molecule has 1 aliphatic rings. The first-order valence-corrected chi connectivity index (χ1v) is 4.66. The van der Waals surface area contributed by atoms with Gasteiger partial charge in [0.15, 0.2) is 5.95 Å². The van der Waals surface area contributed by atoms with Gasteiger partial charge in [-0.2, -0.15) is 0 Å². The number of ether oxygens (including phenoxy) is 1. The van der Waals surface area contributed by atoms with Gasteiger partial charge in [-0.15, -0.1) is 0 Å². The Morgan fingerprint density at radius 3 is 3.15 bits per heavy atom. The molecule has 13 heavy (non-hydrogen) atoms. The molecule has 4 nitrogen and oxygen atoms in total. The minimum Gasteiger partial charge on any atom is -0.376 e. The number of hydrogen-bond acceptors (Lipinski definition) is 3. The first kappa shape index (κ1) is 8.56. The molecule has 1 saturated heterocycles. The lowest BCUT2D eigenvalue weighted by Gasteiger charge is -2.10. The zero-order chi connectivity index (χ0) is 9.26. The van der Waals surface area contributed by atoms with Crippen LogP contribution >= 0.6 is 0 Å². The van der Waals surface area contributed by atoms with Gasteiger partial charge >= 0.3 is 0 Å². The van der Waals surface area contributed by atoms with Crippen LogP contribution in [0.2, 0.25) is 0 Å². The molecule has 0 spiro atoms. The molecule has 1 fully saturated rings. The summed E-state index contributed by atoms with van der Waals surface area (Å²) in [6.07, 6.45) is 4.60. The van der Waals surface area contributed by atoms with Gasteiger partial charge in [0.25, 0.3) is 0 Å². The van der Waals surface area contributed by atoms with Crippen LogP contribution in [-0.4, -0.2) is 22.3 Å². The Morgan fingerprint density at radius 2 is 2.62 bits per heavy atom. The molecule has 0 aliphatic carbocycles. The Hall–Kier alpha value is -1.03. The number of aryl methyl sites for hydroxylation is 1. The molecule has 1 aromatic heterocycles. The van der Waals surface area contributed by atoms with Crippen molar-refractivity contribution in [2.24, 2.45) is 0 Å². The third kappa shape index (κ3) is 1.83. The van der Waals surface area contributed by atoms with Crippen LogP contribution in [0.3, 0.4) is 0 Å². The molecule has 0 radical (unpaired) electrons. The van der Waals surface area contributed by atoms with Crippen molar-refractivity contribution in [1.82, 2.24) is 9.55 Å². The lowest BCUT2D eigenvalue weighted by atomic mass is 10.2. The summed E-state index contributed by atoms with van der Waals surface area (Å²) in [5.74, 6) is 0.591. The number of nitrogens with zero attached hydrogens (tertiary/aromatic N) is 2. The first-order chi connectivity index (χ1) is 6.25. The van der Waals surface area contributed by atoms with E-state index >= 15 is 0 Å². The fraction of sp³-hybridized carbons (Fsp3) is 0.667. The highest BCUT2D eigenvalue weighted by atomic mass is 16.5. The second-order valence-corrected chi connectivity index (χ2v) is 3.53. The summed E-state index contributed by atoms with van der Waals surface area (Å²) in [5.41, 5.74) is 6.68. The molecule has 1 atom stereocenters. The Balaban J connectivity index is 2.03. The molecular formula is C9H15N3O. The maximum Gasteiger partial charge on any atom is 0.200 e. The molecule has 72 valence electrons. The predicted molar refractivity (Wildman–Crippen MR) is 50.4 cm³/mol. The molecule has 0 amide bonds. The molecule has 0 bridgehead atoms. The Bertz CT molecular complexity index is 289. The van der Waals surface area contributed by atoms with Crippen LogP contribution in [0, 0.1) is 6.92 Å². The quantitative estimate of drug-likeness (QED) is 0.739. The fourth-order valence-corrected chi connectivity index (χ4v) is 1.72. The van der Waals surface area contributed by atoms with Gasteiger partial charge in [0.2, 0.25) is 0 Å². The van der Waals surface area contributed by atoms with Gasteiger partial charge in [0, 0.05) is 12.8 Å². The SMILES string of the molecule is Cc1cn(CC2CCCO2)c(N)n1. The minimum atomic E-state index is 0.330. The maximum atomic E-state index is 5.72. The zero-order valence-corrected chi connectivity index (χ0v) is 7.86. The van der Waals surface area contributed by atoms with E-state index in [0.717, 1.165) is 31.7 Å². The van der Waals surface area contributed by atoms with E-state index in [1.54, 1.807) is 0 Å². The number of nitrogen functional groups attached to an aromatic ring is 1. The minimum absolute atomic E-state index is 0.330. The first-order valence-electron chi connectivity index (χ1n) is 4.66. The second-order valence-electron chi connectivity index (χ2n) is 3.53. The van der Waals surface area contributed by atoms with Gasteiger partial charge in [-0.1, -0.05) is 0 Å². The third-order valence-corrected chi connectivity index (χ3v) is 2.35. The Labute approximate surface area is 77.7 Å². The van der Waals surface area contributed by atoms with E-state index in [4.69, 9.17) is 10.5 Å². The van der Waals surface area contributed by atoms with E-state index in [9.17, 15) is 0 Å². The molecule has 2 N–H and O–H groups in total. The summed E-state index contributed by atoms with van der Waals surface area (Å²) in [7, 11) is 0. The highest BCUT2D eigenvalue weighted by Crippen LogP contribution is 2.15. The van der Waals surface area contributed by atoms with Crippen molar-refractivity contribution in [2.45, 2.75) is 32.4 Å². The fourth-order valence-electron chi connectivity index (χ4n) is 1.72. The third-order valence-electron chi connectivity index (χ3n) is 2.35. The molecule has 1 unspecified atom stereocenters. The molecule has 4 heteroatoms. The average Bonchev–Trinajstić information content (AvgIpc) is 2.63. The van der Waals surface area contributed by atoms with E-state index in [-0.39, 0.29) is 0 Å². The number of nitrogens with two attached hydrogens (primary N) is 1. The van der Waals surface area contributed by atoms with E-state index in [1.807, 2.05) is 17.7 Å². The van der Waals surface area contributed by atoms with Crippen molar-refractivity contribution in [3.8, 4) is 0 Å². The largest absolute Gasteiger partial charge is 0.376 e. The average molecular weight is 181 g/mol. The summed E-state index contributed by atoms with van der Waals surface area (Å²) in [6.45, 7) is 3.67. The highest BCUT2D eigenvalue weighted by molar-refractivity contribution is 5.21. The van der Waals surface area contributed by atoms with E-state index in [0.29, 0.717) is 12.1 Å². The smallest absolute Gasteiger partial charge is 0.200 e. The van der Waals surface area contributed by atoms with Crippen molar-refractivity contribution >= 4 is 5.95 Å². The van der Waals surface area contributed by atoms with E-state index < -0.39 is 0 Å². The Morgan fingerprint density at radius 1 is 1.77 bits per heavy atom. The van der Waals surface area contributed by atoms with Crippen molar-refractivity contribution in [3.05, 3.63) is 11.9 Å². The number of aromatic nitrogens is 2. The van der Waals surface area contributed by atoms with E-state index in [2.05, 4.69) is 4.98 Å². The normalized spacial score (nSPS) is 22.4. The molecule has 2 rings (SSSR count). The predicted octanol–water partition coefficient (Wildman–Crippen LogP) is 0.953. The topological polar surface area (TPSA) is 53.1 Å². The molecule has 0 saturated carbocycles. The lowest BCUT2D eigenvalue weighted by Crippen LogP contribution is -2.15. The molecule has 2 heterocycles. The maximum absolute atomic E-state index is 5.72. The van der Waals surface area contributed by atoms with Gasteiger partial charge in [0.05, 0.1) is 18.3 Å². The van der Waals surface area contributed by atoms with Gasteiger partial charge < -0.3 is 15.0 Å². The van der Waals surface area contributed by atoms with Gasteiger partial charge in [-0.25, -0.2) is 4.98 Å². The van der Waals surface area contributed by atoms with Gasteiger partial charge in [-0.3, -0.25) is 0 Å². The summed E-state index contributed by atoms with van der Waals surface area (Å²) in [5, 5.41) is 0. The van der Waals surface area contributed by atoms with Crippen LogP contribution in [0.15, 0.2) is 6.20 Å². The van der Waals surface area contributed by atoms with Crippen molar-refractivity contribution < 1.29 is 4.74 Å². The van der Waals surface area contributed by atoms with Crippen LogP contribution < -0.4 is 5.73 Å². The van der Waals surface area contributed by atoms with E-state index in [1.165, 1.54) is 0 Å². The molecule has 1 aliphatic heterocycles. The summed E-state index contributed by atoms with van der Waals surface area (Å²) < 4.78 is 7.48. The number of rotatable bonds is 2. The summed E-state index contributed by atoms with van der Waals surface area (Å²) >= 11 is 0. The summed E-state index contributed by atoms with van der Waals surface area (Å²) in [4.78, 5) is 4.14. The summed E-state index contributed by atoms with van der Waals surface area (Å²) in [6, 6.07) is 0. The van der Waals surface area contributed by atoms with Crippen molar-refractivity contribution in [1.29, 1.82) is 0 Å². The van der Waals surface area contributed by atoms with Crippen LogP contribution in [0.5, 0.6) is 0 Å². The highest BCUT2D eigenvalue weighted by Gasteiger charge is 2.16. The van der Waals surface area contributed by atoms with Crippen LogP contribution in [-0.2, 0) is 11.3 Å². The molecule has 0 aromatic carbocycles. The molecule has 1 aromatic rings. The van der Waals surface area contributed by atoms with Crippen LogP contribution in [0.25, 0.3) is 0 Å². The Kier molecular flexibility index (Phi) is 2.22. The van der Waals surface area contributed by atoms with Crippen LogP contribution in [0.1, 0.15) is 18.5 Å². The van der Waals surface area contributed by atoms with Crippen molar-refractivity contribution in [2.75, 3.05) is 12.3 Å². The zero-order valence-electron chi connectivity index (χ0n) is 7.86. The van der Waals surface area contributed by atoms with Crippen LogP contribution in [0.4, 0.5) is 5.95 Å². The monoisotopic (exact) mass is 181 g/mol. The van der Waals surface area contributed by atoms with Crippen molar-refractivity contribution in [3.63, 3.8) is 0 Å². The number of imidazole rings is 1. The second kappa shape index (κ2) is 3.38. The number of hydrogen-bond donors (Lipinski definition) is 1. The van der Waals surface area contributed by atoms with Gasteiger partial charge in [-0.05, 0) is 19.8 Å². The van der Waals surface area contributed by atoms with Gasteiger partial charge in [0.1, 0.15) is 0 Å². The standard InChI is InChI=1S/C9H15N3O/c1-7-5-12(9(10)11-7)6-8-3-2-4-13-8/h5,8H,2-4,6H2,1H3,(H2,10,11).